The molecule has 8 aliphatic rings. The Hall–Kier alpha value is -1.30. The number of aliphatic hydroxyl groups excluding tert-OH is 1. The summed E-state index contributed by atoms with van der Waals surface area (Å²) in [7, 11) is 0. The molecule has 5 aliphatic carbocycles. The van der Waals surface area contributed by atoms with E-state index in [0.29, 0.717) is 38.0 Å². The van der Waals surface area contributed by atoms with Gasteiger partial charge in [0.1, 0.15) is 6.04 Å². The lowest BCUT2D eigenvalue weighted by molar-refractivity contribution is -0.250. The molecule has 3 saturated heterocycles. The van der Waals surface area contributed by atoms with Gasteiger partial charge in [0, 0.05) is 25.3 Å². The molecule has 282 valence electrons. The summed E-state index contributed by atoms with van der Waals surface area (Å²) in [4.78, 5) is 26.6. The fourth-order valence-electron chi connectivity index (χ4n) is 14.6. The molecule has 50 heavy (non-hydrogen) atoms. The molecule has 10 heteroatoms. The third-order valence-electron chi connectivity index (χ3n) is 16.8. The van der Waals surface area contributed by atoms with Crippen LogP contribution in [-0.2, 0) is 33.3 Å². The van der Waals surface area contributed by atoms with E-state index in [9.17, 15) is 19.8 Å². The van der Waals surface area contributed by atoms with Gasteiger partial charge in [0.15, 0.2) is 12.4 Å². The summed E-state index contributed by atoms with van der Waals surface area (Å²) in [6, 6.07) is -0.182. The lowest BCUT2D eigenvalue weighted by Gasteiger charge is -2.64. The SMILES string of the molecule is CC(=O)O[C@@H](C1C[C@@H](C)C2C(O1)[C@H](O)[C@@]1(C)[C@@H]3CC[C@H]4C(C)(C)[C@@H](OC5CN([C@H]6CCOC6=O)CCO5)CC[C@@]45CC35CC[C@]21C)C(C)(C)O. The lowest BCUT2D eigenvalue weighted by Crippen LogP contribution is -2.60. The maximum Gasteiger partial charge on any atom is 0.323 e. The van der Waals surface area contributed by atoms with Crippen molar-refractivity contribution in [2.24, 2.45) is 50.7 Å². The fraction of sp³-hybridized carbons (Fsp3) is 0.950. The molecule has 0 aromatic rings. The molecule has 0 radical (unpaired) electrons. The second kappa shape index (κ2) is 11.6. The van der Waals surface area contributed by atoms with E-state index in [-0.39, 0.29) is 69.4 Å². The smallest absolute Gasteiger partial charge is 0.323 e. The number of morpholine rings is 1. The van der Waals surface area contributed by atoms with Crippen LogP contribution in [0.15, 0.2) is 0 Å². The first kappa shape index (κ1) is 35.7. The largest absolute Gasteiger partial charge is 0.464 e. The van der Waals surface area contributed by atoms with Crippen LogP contribution in [0, 0.1) is 50.7 Å². The Kier molecular flexibility index (Phi) is 8.29. The Labute approximate surface area is 298 Å². The van der Waals surface area contributed by atoms with Crippen molar-refractivity contribution in [1.29, 1.82) is 0 Å². The summed E-state index contributed by atoms with van der Waals surface area (Å²) >= 11 is 0. The van der Waals surface area contributed by atoms with E-state index in [1.807, 2.05) is 0 Å². The number of rotatable bonds is 6. The van der Waals surface area contributed by atoms with E-state index in [0.717, 1.165) is 45.1 Å². The van der Waals surface area contributed by atoms with Crippen LogP contribution in [0.1, 0.15) is 113 Å². The van der Waals surface area contributed by atoms with Crippen molar-refractivity contribution in [3.05, 3.63) is 0 Å². The Morgan fingerprint density at radius 3 is 2.42 bits per heavy atom. The molecule has 2 N–H and O–H groups in total. The van der Waals surface area contributed by atoms with Crippen LogP contribution in [0.5, 0.6) is 0 Å². The Morgan fingerprint density at radius 2 is 1.74 bits per heavy atom. The molecule has 8 fully saturated rings. The van der Waals surface area contributed by atoms with E-state index in [1.165, 1.54) is 19.8 Å². The monoisotopic (exact) mass is 701 g/mol. The molecular formula is C40H63NO9. The topological polar surface area (TPSA) is 124 Å². The molecular weight excluding hydrogens is 638 g/mol. The minimum Gasteiger partial charge on any atom is -0.464 e. The number of carbonyl (C=O) groups is 2. The van der Waals surface area contributed by atoms with E-state index < -0.39 is 29.9 Å². The van der Waals surface area contributed by atoms with Crippen LogP contribution < -0.4 is 0 Å². The molecule has 15 atom stereocenters. The van der Waals surface area contributed by atoms with Crippen LogP contribution in [0.3, 0.4) is 0 Å². The van der Waals surface area contributed by atoms with Gasteiger partial charge in [0.2, 0.25) is 0 Å². The number of nitrogens with zero attached hydrogens (tertiary/aromatic N) is 1. The number of esters is 2. The van der Waals surface area contributed by atoms with Crippen molar-refractivity contribution in [2.75, 3.05) is 26.3 Å². The van der Waals surface area contributed by atoms with E-state index in [1.54, 1.807) is 13.8 Å². The maximum atomic E-state index is 12.6. The van der Waals surface area contributed by atoms with Crippen molar-refractivity contribution in [3.8, 4) is 0 Å². The van der Waals surface area contributed by atoms with Crippen molar-refractivity contribution in [1.82, 2.24) is 4.90 Å². The van der Waals surface area contributed by atoms with Gasteiger partial charge in [-0.3, -0.25) is 14.5 Å². The van der Waals surface area contributed by atoms with Crippen LogP contribution in [0.4, 0.5) is 0 Å². The first-order valence-electron chi connectivity index (χ1n) is 19.8. The third kappa shape index (κ3) is 4.79. The lowest BCUT2D eigenvalue weighted by atomic mass is 9.41. The van der Waals surface area contributed by atoms with Crippen LogP contribution in [-0.4, -0.2) is 102 Å². The minimum atomic E-state index is -1.27. The molecule has 0 aromatic carbocycles. The summed E-state index contributed by atoms with van der Waals surface area (Å²) in [5, 5.41) is 23.6. The van der Waals surface area contributed by atoms with Gasteiger partial charge < -0.3 is 33.9 Å². The average molecular weight is 702 g/mol. The highest BCUT2D eigenvalue weighted by atomic mass is 16.7. The summed E-state index contributed by atoms with van der Waals surface area (Å²) in [6.07, 6.45) is 6.81. The highest BCUT2D eigenvalue weighted by Gasteiger charge is 2.84. The summed E-state index contributed by atoms with van der Waals surface area (Å²) in [6.45, 7) is 19.1. The van der Waals surface area contributed by atoms with Crippen molar-refractivity contribution in [2.45, 2.75) is 162 Å². The van der Waals surface area contributed by atoms with Crippen LogP contribution in [0.2, 0.25) is 0 Å². The molecule has 5 unspecified atom stereocenters. The zero-order valence-electron chi connectivity index (χ0n) is 31.7. The van der Waals surface area contributed by atoms with Gasteiger partial charge in [0.25, 0.3) is 0 Å². The van der Waals surface area contributed by atoms with E-state index in [2.05, 4.69) is 39.5 Å². The molecule has 2 spiro atoms. The minimum absolute atomic E-state index is 0.0255. The molecule has 10 nitrogen and oxygen atoms in total. The quantitative estimate of drug-likeness (QED) is 0.371. The van der Waals surface area contributed by atoms with Gasteiger partial charge in [-0.2, -0.15) is 0 Å². The van der Waals surface area contributed by atoms with Gasteiger partial charge in [-0.05, 0) is 111 Å². The first-order chi connectivity index (χ1) is 23.4. The third-order valence-corrected chi connectivity index (χ3v) is 16.8. The molecule has 8 rings (SSSR count). The second-order valence-electron chi connectivity index (χ2n) is 19.6. The number of ether oxygens (including phenoxy) is 5. The van der Waals surface area contributed by atoms with E-state index in [4.69, 9.17) is 23.7 Å². The number of hydrogen-bond donors (Lipinski definition) is 2. The molecule has 3 heterocycles. The predicted molar refractivity (Wildman–Crippen MR) is 184 cm³/mol. The number of aliphatic hydroxyl groups is 2. The van der Waals surface area contributed by atoms with Gasteiger partial charge >= 0.3 is 11.9 Å². The first-order valence-corrected chi connectivity index (χ1v) is 19.8. The number of fused-ring (bicyclic) bond motifs is 4. The fourth-order valence-corrected chi connectivity index (χ4v) is 14.6. The molecule has 5 saturated carbocycles. The number of carbonyl (C=O) groups excluding carboxylic acids is 2. The standard InChI is InChI=1S/C40H63NO9/c1-22-19-25(33(36(5,6)45)48-23(2)42)49-31-30(22)37(7)14-15-40-21-39(40)13-11-28(35(3,4)26(39)9-10-27(40)38(37,8)32(31)43)50-29-20-41(16-18-46-29)24-12-17-47-34(24)44/h22,24-33,43,45H,9-21H2,1-8H3/t22-,24+,25?,26+,27+,28+,29?,30?,31?,32+,33+,37-,38-,39-,40?/m1/s1. The Morgan fingerprint density at radius 1 is 1.02 bits per heavy atom. The number of cyclic esters (lactones) is 1. The average Bonchev–Trinajstić information content (AvgIpc) is 3.44. The van der Waals surface area contributed by atoms with Crippen LogP contribution in [0.25, 0.3) is 0 Å². The normalized spacial score (nSPS) is 51.7. The Balaban J connectivity index is 1.02. The zero-order chi connectivity index (χ0) is 35.8. The van der Waals surface area contributed by atoms with Gasteiger partial charge in [-0.15, -0.1) is 0 Å². The highest BCUT2D eigenvalue weighted by Crippen LogP contribution is 2.89. The van der Waals surface area contributed by atoms with Gasteiger partial charge in [0.05, 0.1) is 49.8 Å². The summed E-state index contributed by atoms with van der Waals surface area (Å²) < 4.78 is 30.8. The predicted octanol–water partition coefficient (Wildman–Crippen LogP) is 4.86. The zero-order valence-corrected chi connectivity index (χ0v) is 31.7. The number of hydrogen-bond acceptors (Lipinski definition) is 10. The van der Waals surface area contributed by atoms with Crippen molar-refractivity contribution in [3.63, 3.8) is 0 Å². The van der Waals surface area contributed by atoms with Gasteiger partial charge in [-0.1, -0.05) is 34.6 Å². The van der Waals surface area contributed by atoms with Crippen LogP contribution >= 0.6 is 0 Å². The molecule has 0 amide bonds. The molecule has 0 bridgehead atoms. The second-order valence-corrected chi connectivity index (χ2v) is 19.6. The summed E-state index contributed by atoms with van der Waals surface area (Å²) in [5.41, 5.74) is -1.19. The molecule has 0 aromatic heterocycles. The van der Waals surface area contributed by atoms with Crippen molar-refractivity contribution < 1.29 is 43.5 Å². The van der Waals surface area contributed by atoms with Crippen molar-refractivity contribution >= 4 is 11.9 Å². The highest BCUT2D eigenvalue weighted by molar-refractivity contribution is 5.77. The summed E-state index contributed by atoms with van der Waals surface area (Å²) in [5.74, 6) is 0.853. The molecule has 3 aliphatic heterocycles. The Bertz CT molecular complexity index is 1380. The van der Waals surface area contributed by atoms with Gasteiger partial charge in [-0.25, -0.2) is 0 Å². The van der Waals surface area contributed by atoms with E-state index >= 15 is 0 Å². The maximum absolute atomic E-state index is 12.6.